The lowest BCUT2D eigenvalue weighted by atomic mass is 9.82. The lowest BCUT2D eigenvalue weighted by molar-refractivity contribution is -0.385. The smallest absolute Gasteiger partial charge is 0.269 e. The molecule has 3 heterocycles. The average Bonchev–Trinajstić information content (AvgIpc) is 3.82. The number of nitro benzene ring substituents is 1. The van der Waals surface area contributed by atoms with Gasteiger partial charge in [-0.1, -0.05) is 103 Å². The van der Waals surface area contributed by atoms with Crippen LogP contribution in [0.3, 0.4) is 0 Å². The van der Waals surface area contributed by atoms with Crippen LogP contribution >= 0.6 is 0 Å². The van der Waals surface area contributed by atoms with Crippen LogP contribution in [-0.2, 0) is 28.2 Å². The normalized spacial score (nSPS) is 21.8. The van der Waals surface area contributed by atoms with E-state index in [-0.39, 0.29) is 41.7 Å². The predicted octanol–water partition coefficient (Wildman–Crippen LogP) is 6.17. The van der Waals surface area contributed by atoms with Crippen molar-refractivity contribution >= 4 is 30.5 Å². The van der Waals surface area contributed by atoms with Crippen molar-refractivity contribution in [2.24, 2.45) is 5.92 Å². The van der Waals surface area contributed by atoms with Crippen LogP contribution in [0.25, 0.3) is 0 Å². The zero-order valence-electron chi connectivity index (χ0n) is 29.8. The number of aliphatic hydroxyl groups excluding tert-OH is 1. The standard InChI is InChI=1S/C40H43N5O6Si/c1-27-38(52(3,4)32-18-16-31(50-2)17-19-32)37(21-22-43-25-35(41-42-43)33(26-46)29-13-9-6-10-14-29)51-40(27)34-23-30(45(48)49)15-20-36(34)44(39(40)47)24-28-11-7-5-8-12-28/h5-20,23,25,27,33,37-38,46H,21-22,24,26H2,1-4H3/t27-,33?,37+,38-,40+/m1/s1. The summed E-state index contributed by atoms with van der Waals surface area (Å²) in [5.74, 6) is -0.0737. The molecule has 52 heavy (non-hydrogen) atoms. The number of carbonyl (C=O) groups is 1. The Labute approximate surface area is 304 Å². The topological polar surface area (TPSA) is 133 Å². The first kappa shape index (κ1) is 35.2. The summed E-state index contributed by atoms with van der Waals surface area (Å²) >= 11 is 0. The van der Waals surface area contributed by atoms with Crippen molar-refractivity contribution < 1.29 is 24.3 Å². The summed E-state index contributed by atoms with van der Waals surface area (Å²) in [6, 6.07) is 32.3. The summed E-state index contributed by atoms with van der Waals surface area (Å²) < 4.78 is 14.4. The number of methoxy groups -OCH3 is 1. The molecule has 2 aliphatic rings. The van der Waals surface area contributed by atoms with Gasteiger partial charge in [-0.3, -0.25) is 19.6 Å². The van der Waals surface area contributed by atoms with E-state index in [2.05, 4.69) is 42.5 Å². The van der Waals surface area contributed by atoms with Crippen LogP contribution in [0.4, 0.5) is 11.4 Å². The Kier molecular flexibility index (Phi) is 9.55. The van der Waals surface area contributed by atoms with Crippen LogP contribution < -0.4 is 14.8 Å². The lowest BCUT2D eigenvalue weighted by Crippen LogP contribution is -2.51. The molecule has 0 aliphatic carbocycles. The van der Waals surface area contributed by atoms with Gasteiger partial charge in [0, 0.05) is 36.4 Å². The molecular weight excluding hydrogens is 675 g/mol. The van der Waals surface area contributed by atoms with Crippen LogP contribution in [0.15, 0.2) is 109 Å². The van der Waals surface area contributed by atoms with Crippen LogP contribution in [0.5, 0.6) is 5.75 Å². The molecule has 1 N–H and O–H groups in total. The molecular formula is C40H43N5O6Si. The Morgan fingerprint density at radius 1 is 1.02 bits per heavy atom. The zero-order chi connectivity index (χ0) is 36.6. The lowest BCUT2D eigenvalue weighted by Gasteiger charge is -2.37. The van der Waals surface area contributed by atoms with E-state index in [1.54, 1.807) is 28.8 Å². The Morgan fingerprint density at radius 3 is 2.37 bits per heavy atom. The van der Waals surface area contributed by atoms with E-state index in [9.17, 15) is 15.2 Å². The first-order valence-electron chi connectivity index (χ1n) is 17.6. The third-order valence-corrected chi connectivity index (χ3v) is 15.5. The molecule has 1 unspecified atom stereocenters. The highest BCUT2D eigenvalue weighted by atomic mass is 28.3. The fraction of sp³-hybridized carbons (Fsp3) is 0.325. The number of aliphatic hydroxyl groups is 1. The Balaban J connectivity index is 1.28. The molecule has 0 bridgehead atoms. The number of aromatic nitrogens is 3. The number of nitro groups is 1. The van der Waals surface area contributed by atoms with Crippen LogP contribution in [0, 0.1) is 16.0 Å². The second kappa shape index (κ2) is 14.1. The van der Waals surface area contributed by atoms with E-state index in [1.165, 1.54) is 11.3 Å². The summed E-state index contributed by atoms with van der Waals surface area (Å²) in [4.78, 5) is 28.5. The van der Waals surface area contributed by atoms with Crippen molar-refractivity contribution in [3.05, 3.63) is 142 Å². The largest absolute Gasteiger partial charge is 0.497 e. The fourth-order valence-corrected chi connectivity index (χ4v) is 12.6. The Morgan fingerprint density at radius 2 is 1.71 bits per heavy atom. The molecule has 11 nitrogen and oxygen atoms in total. The average molecular weight is 718 g/mol. The summed E-state index contributed by atoms with van der Waals surface area (Å²) in [5, 5.41) is 32.4. The van der Waals surface area contributed by atoms with Gasteiger partial charge in [-0.15, -0.1) is 5.10 Å². The van der Waals surface area contributed by atoms with E-state index < -0.39 is 18.6 Å². The first-order chi connectivity index (χ1) is 25.1. The third kappa shape index (κ3) is 6.10. The minimum absolute atomic E-state index is 0.0638. The number of benzene rings is 4. The van der Waals surface area contributed by atoms with Gasteiger partial charge in [0.2, 0.25) is 0 Å². The van der Waals surface area contributed by atoms with E-state index in [4.69, 9.17) is 9.47 Å². The van der Waals surface area contributed by atoms with E-state index in [0.29, 0.717) is 36.5 Å². The van der Waals surface area contributed by atoms with Gasteiger partial charge in [0.05, 0.1) is 56.7 Å². The molecule has 1 fully saturated rings. The number of hydrogen-bond donors (Lipinski definition) is 1. The van der Waals surface area contributed by atoms with Gasteiger partial charge in [0.1, 0.15) is 5.75 Å². The molecule has 7 rings (SSSR count). The number of carbonyl (C=O) groups excluding carboxylic acids is 1. The van der Waals surface area contributed by atoms with Crippen molar-refractivity contribution in [1.82, 2.24) is 15.0 Å². The van der Waals surface area contributed by atoms with Gasteiger partial charge in [-0.25, -0.2) is 0 Å². The number of fused-ring (bicyclic) bond motifs is 2. The molecule has 0 saturated carbocycles. The van der Waals surface area contributed by atoms with Gasteiger partial charge in [0.25, 0.3) is 11.6 Å². The molecule has 1 aromatic heterocycles. The van der Waals surface area contributed by atoms with Gasteiger partial charge in [-0.2, -0.15) is 0 Å². The van der Waals surface area contributed by atoms with Crippen molar-refractivity contribution in [2.75, 3.05) is 18.6 Å². The quantitative estimate of drug-likeness (QED) is 0.0921. The molecule has 0 radical (unpaired) electrons. The maximum atomic E-state index is 15.0. The van der Waals surface area contributed by atoms with Gasteiger partial charge < -0.3 is 19.5 Å². The van der Waals surface area contributed by atoms with Crippen LogP contribution in [0.2, 0.25) is 18.6 Å². The molecule has 12 heteroatoms. The number of nitrogens with zero attached hydrogens (tertiary/aromatic N) is 5. The van der Waals surface area contributed by atoms with Gasteiger partial charge in [-0.05, 0) is 41.3 Å². The number of rotatable bonds is 12. The molecule has 1 spiro atoms. The summed E-state index contributed by atoms with van der Waals surface area (Å²) in [6.07, 6.45) is 2.00. The summed E-state index contributed by atoms with van der Waals surface area (Å²) in [7, 11) is -0.804. The Hall–Kier alpha value is -5.17. The monoisotopic (exact) mass is 717 g/mol. The van der Waals surface area contributed by atoms with E-state index >= 15 is 4.79 Å². The molecule has 268 valence electrons. The van der Waals surface area contributed by atoms with Crippen molar-refractivity contribution in [3.63, 3.8) is 0 Å². The molecule has 4 aromatic carbocycles. The number of hydrogen-bond acceptors (Lipinski definition) is 8. The number of non-ortho nitro benzene ring substituents is 1. The fourth-order valence-electron chi connectivity index (χ4n) is 8.50. The van der Waals surface area contributed by atoms with E-state index in [1.807, 2.05) is 79.0 Å². The molecule has 2 aliphatic heterocycles. The zero-order valence-corrected chi connectivity index (χ0v) is 30.8. The molecule has 1 saturated heterocycles. The van der Waals surface area contributed by atoms with Gasteiger partial charge >= 0.3 is 0 Å². The molecule has 1 amide bonds. The number of aryl methyl sites for hydroxylation is 1. The maximum Gasteiger partial charge on any atom is 0.269 e. The first-order valence-corrected chi connectivity index (χ1v) is 20.7. The van der Waals surface area contributed by atoms with Crippen molar-refractivity contribution in [2.45, 2.75) is 62.7 Å². The van der Waals surface area contributed by atoms with Crippen LogP contribution in [-0.4, -0.2) is 58.8 Å². The van der Waals surface area contributed by atoms with Crippen molar-refractivity contribution in [3.8, 4) is 5.75 Å². The van der Waals surface area contributed by atoms with Crippen molar-refractivity contribution in [1.29, 1.82) is 0 Å². The second-order valence-electron chi connectivity index (χ2n) is 14.3. The molecule has 5 atom stereocenters. The SMILES string of the molecule is COc1ccc([Si](C)(C)[C@H]2[C@H](CCn3cc(C(CO)c4ccccc4)nn3)O[C@@]3(C(=O)N(Cc4ccccc4)c4ccc([N+](=O)[O-])cc43)[C@@H]2C)cc1. The van der Waals surface area contributed by atoms with E-state index in [0.717, 1.165) is 16.9 Å². The highest BCUT2D eigenvalue weighted by Crippen LogP contribution is 2.60. The van der Waals surface area contributed by atoms with Crippen LogP contribution in [0.1, 0.15) is 41.6 Å². The minimum Gasteiger partial charge on any atom is -0.497 e. The van der Waals surface area contributed by atoms with Gasteiger partial charge in [0.15, 0.2) is 5.60 Å². The predicted molar refractivity (Wildman–Crippen MR) is 200 cm³/mol. The minimum atomic E-state index is -2.45. The highest BCUT2D eigenvalue weighted by molar-refractivity contribution is 6.91. The summed E-state index contributed by atoms with van der Waals surface area (Å²) in [6.45, 7) is 7.35. The number of anilines is 1. The molecule has 5 aromatic rings. The number of amides is 1. The Bertz CT molecular complexity index is 2060. The summed E-state index contributed by atoms with van der Waals surface area (Å²) in [5.41, 5.74) is 2.16. The second-order valence-corrected chi connectivity index (χ2v) is 19.0. The maximum absolute atomic E-state index is 15.0. The highest BCUT2D eigenvalue weighted by Gasteiger charge is 2.66. The number of ether oxygens (including phenoxy) is 2. The third-order valence-electron chi connectivity index (χ3n) is 11.2.